The second-order valence-corrected chi connectivity index (χ2v) is 7.05. The lowest BCUT2D eigenvalue weighted by molar-refractivity contribution is 0.110. The average molecular weight is 264 g/mol. The normalized spacial score (nSPS) is 25.6. The average Bonchev–Trinajstić information content (AvgIpc) is 3.05. The SMILES string of the molecule is CCNC1(c2nccs2)CCC2(CCCC2)CC1. The van der Waals surface area contributed by atoms with Gasteiger partial charge >= 0.3 is 0 Å². The summed E-state index contributed by atoms with van der Waals surface area (Å²) in [6.07, 6.45) is 13.2. The fraction of sp³-hybridized carbons (Fsp3) is 0.800. The van der Waals surface area contributed by atoms with Gasteiger partial charge in [-0.3, -0.25) is 0 Å². The first-order chi connectivity index (χ1) is 8.79. The molecule has 0 radical (unpaired) electrons. The van der Waals surface area contributed by atoms with Crippen molar-refractivity contribution in [1.82, 2.24) is 10.3 Å². The van der Waals surface area contributed by atoms with Crippen LogP contribution in [0.3, 0.4) is 0 Å². The zero-order valence-corrected chi connectivity index (χ0v) is 12.2. The maximum atomic E-state index is 4.60. The molecule has 0 saturated heterocycles. The molecule has 0 unspecified atom stereocenters. The maximum Gasteiger partial charge on any atom is 0.113 e. The standard InChI is InChI=1S/C15H24N2S/c1-2-17-15(13-16-11-12-18-13)9-7-14(8-10-15)5-3-4-6-14/h11-12,17H,2-10H2,1H3. The molecule has 3 rings (SSSR count). The summed E-state index contributed by atoms with van der Waals surface area (Å²) in [5.74, 6) is 0. The lowest BCUT2D eigenvalue weighted by Gasteiger charge is -2.44. The van der Waals surface area contributed by atoms with Gasteiger partial charge in [-0.05, 0) is 50.5 Å². The van der Waals surface area contributed by atoms with Crippen molar-refractivity contribution in [2.45, 2.75) is 63.8 Å². The van der Waals surface area contributed by atoms with Crippen LogP contribution in [0.4, 0.5) is 0 Å². The number of nitrogens with one attached hydrogen (secondary N) is 1. The third kappa shape index (κ3) is 2.12. The summed E-state index contributed by atoms with van der Waals surface area (Å²) < 4.78 is 0. The minimum absolute atomic E-state index is 0.191. The zero-order chi connectivity index (χ0) is 12.5. The summed E-state index contributed by atoms with van der Waals surface area (Å²) in [6.45, 7) is 3.27. The van der Waals surface area contributed by atoms with Crippen LogP contribution in [0.1, 0.15) is 63.3 Å². The largest absolute Gasteiger partial charge is 0.306 e. The van der Waals surface area contributed by atoms with Crippen molar-refractivity contribution in [3.8, 4) is 0 Å². The quantitative estimate of drug-likeness (QED) is 0.889. The van der Waals surface area contributed by atoms with Gasteiger partial charge in [0.25, 0.3) is 0 Å². The van der Waals surface area contributed by atoms with Crippen molar-refractivity contribution in [3.05, 3.63) is 16.6 Å². The predicted octanol–water partition coefficient (Wildman–Crippen LogP) is 4.08. The Labute approximate surface area is 114 Å². The monoisotopic (exact) mass is 264 g/mol. The molecule has 0 aliphatic heterocycles. The minimum atomic E-state index is 0.191. The Kier molecular flexibility index (Phi) is 3.46. The number of nitrogens with zero attached hydrogens (tertiary/aromatic N) is 1. The first kappa shape index (κ1) is 12.6. The number of rotatable bonds is 3. The molecule has 2 aliphatic rings. The van der Waals surface area contributed by atoms with E-state index < -0.39 is 0 Å². The first-order valence-electron chi connectivity index (χ1n) is 7.44. The molecule has 2 fully saturated rings. The van der Waals surface area contributed by atoms with Crippen molar-refractivity contribution in [3.63, 3.8) is 0 Å². The fourth-order valence-corrected chi connectivity index (χ4v) is 4.97. The van der Waals surface area contributed by atoms with E-state index in [0.717, 1.165) is 6.54 Å². The highest BCUT2D eigenvalue weighted by atomic mass is 32.1. The van der Waals surface area contributed by atoms with Gasteiger partial charge in [-0.1, -0.05) is 19.8 Å². The van der Waals surface area contributed by atoms with Crippen LogP contribution in [0.5, 0.6) is 0 Å². The Balaban J connectivity index is 1.77. The van der Waals surface area contributed by atoms with Gasteiger partial charge in [-0.15, -0.1) is 11.3 Å². The Hall–Kier alpha value is -0.410. The molecule has 100 valence electrons. The molecular formula is C15H24N2S. The van der Waals surface area contributed by atoms with Crippen molar-refractivity contribution in [1.29, 1.82) is 0 Å². The molecule has 3 heteroatoms. The second kappa shape index (κ2) is 4.93. The summed E-state index contributed by atoms with van der Waals surface area (Å²) in [5, 5.41) is 7.19. The summed E-state index contributed by atoms with van der Waals surface area (Å²) in [7, 11) is 0. The van der Waals surface area contributed by atoms with Gasteiger partial charge in [0.2, 0.25) is 0 Å². The summed E-state index contributed by atoms with van der Waals surface area (Å²) in [6, 6.07) is 0. The van der Waals surface area contributed by atoms with E-state index in [-0.39, 0.29) is 5.54 Å². The number of thiazole rings is 1. The van der Waals surface area contributed by atoms with E-state index in [9.17, 15) is 0 Å². The van der Waals surface area contributed by atoms with Crippen molar-refractivity contribution in [2.24, 2.45) is 5.41 Å². The topological polar surface area (TPSA) is 24.9 Å². The molecule has 2 aliphatic carbocycles. The van der Waals surface area contributed by atoms with Gasteiger partial charge in [-0.2, -0.15) is 0 Å². The van der Waals surface area contributed by atoms with Crippen LogP contribution in [-0.4, -0.2) is 11.5 Å². The predicted molar refractivity (Wildman–Crippen MR) is 76.8 cm³/mol. The Morgan fingerprint density at radius 2 is 1.89 bits per heavy atom. The lowest BCUT2D eigenvalue weighted by atomic mass is 9.66. The van der Waals surface area contributed by atoms with Gasteiger partial charge in [0, 0.05) is 11.6 Å². The molecule has 2 nitrogen and oxygen atoms in total. The van der Waals surface area contributed by atoms with Crippen molar-refractivity contribution >= 4 is 11.3 Å². The van der Waals surface area contributed by atoms with E-state index in [0.29, 0.717) is 5.41 Å². The van der Waals surface area contributed by atoms with E-state index >= 15 is 0 Å². The summed E-state index contributed by atoms with van der Waals surface area (Å²) in [5.41, 5.74) is 0.896. The molecule has 0 amide bonds. The summed E-state index contributed by atoms with van der Waals surface area (Å²) in [4.78, 5) is 4.60. The van der Waals surface area contributed by atoms with E-state index in [1.807, 2.05) is 17.5 Å². The molecule has 1 heterocycles. The van der Waals surface area contributed by atoms with Gasteiger partial charge in [0.1, 0.15) is 5.01 Å². The van der Waals surface area contributed by atoms with Gasteiger partial charge in [-0.25, -0.2) is 4.98 Å². The van der Waals surface area contributed by atoms with Crippen LogP contribution >= 0.6 is 11.3 Å². The van der Waals surface area contributed by atoms with E-state index in [4.69, 9.17) is 0 Å². The molecule has 1 aromatic heterocycles. The van der Waals surface area contributed by atoms with E-state index in [1.54, 1.807) is 0 Å². The Bertz CT molecular complexity index is 369. The summed E-state index contributed by atoms with van der Waals surface area (Å²) >= 11 is 1.83. The molecule has 1 aromatic rings. The van der Waals surface area contributed by atoms with Crippen LogP contribution in [0.2, 0.25) is 0 Å². The van der Waals surface area contributed by atoms with E-state index in [2.05, 4.69) is 22.6 Å². The van der Waals surface area contributed by atoms with Gasteiger partial charge < -0.3 is 5.32 Å². The molecule has 1 spiro atoms. The Morgan fingerprint density at radius 3 is 2.44 bits per heavy atom. The lowest BCUT2D eigenvalue weighted by Crippen LogP contribution is -2.47. The second-order valence-electron chi connectivity index (χ2n) is 6.16. The van der Waals surface area contributed by atoms with Crippen LogP contribution in [0.15, 0.2) is 11.6 Å². The van der Waals surface area contributed by atoms with Crippen molar-refractivity contribution in [2.75, 3.05) is 6.54 Å². The fourth-order valence-electron chi connectivity index (χ4n) is 4.10. The molecule has 0 bridgehead atoms. The Morgan fingerprint density at radius 1 is 1.17 bits per heavy atom. The minimum Gasteiger partial charge on any atom is -0.306 e. The van der Waals surface area contributed by atoms with E-state index in [1.165, 1.54) is 56.4 Å². The third-order valence-corrected chi connectivity index (χ3v) is 6.16. The van der Waals surface area contributed by atoms with Crippen LogP contribution < -0.4 is 5.32 Å². The smallest absolute Gasteiger partial charge is 0.113 e. The van der Waals surface area contributed by atoms with Crippen molar-refractivity contribution < 1.29 is 0 Å². The highest BCUT2D eigenvalue weighted by molar-refractivity contribution is 7.09. The first-order valence-corrected chi connectivity index (χ1v) is 8.32. The molecule has 0 aromatic carbocycles. The highest BCUT2D eigenvalue weighted by Crippen LogP contribution is 2.53. The molecule has 0 atom stereocenters. The van der Waals surface area contributed by atoms with Gasteiger partial charge in [0.15, 0.2) is 0 Å². The maximum absolute atomic E-state index is 4.60. The zero-order valence-electron chi connectivity index (χ0n) is 11.4. The van der Waals surface area contributed by atoms with Crippen LogP contribution in [-0.2, 0) is 5.54 Å². The molecule has 1 N–H and O–H groups in total. The van der Waals surface area contributed by atoms with Gasteiger partial charge in [0.05, 0.1) is 5.54 Å². The van der Waals surface area contributed by atoms with Crippen LogP contribution in [0.25, 0.3) is 0 Å². The number of hydrogen-bond donors (Lipinski definition) is 1. The third-order valence-electron chi connectivity index (χ3n) is 5.19. The molecule has 18 heavy (non-hydrogen) atoms. The number of hydrogen-bond acceptors (Lipinski definition) is 3. The number of aromatic nitrogens is 1. The molecule has 2 saturated carbocycles. The highest BCUT2D eigenvalue weighted by Gasteiger charge is 2.45. The molecular weight excluding hydrogens is 240 g/mol. The van der Waals surface area contributed by atoms with Crippen LogP contribution in [0, 0.1) is 5.41 Å².